The van der Waals surface area contributed by atoms with Crippen LogP contribution in [0.15, 0.2) is 24.3 Å². The maximum absolute atomic E-state index is 12.3. The molecule has 19 heavy (non-hydrogen) atoms. The van der Waals surface area contributed by atoms with E-state index in [2.05, 4.69) is 5.32 Å². The van der Waals surface area contributed by atoms with E-state index < -0.39 is 5.97 Å². The molecule has 1 aliphatic heterocycles. The number of carboxylic acids is 1. The van der Waals surface area contributed by atoms with Gasteiger partial charge in [-0.25, -0.2) is 0 Å². The van der Waals surface area contributed by atoms with Crippen LogP contribution >= 0.6 is 0 Å². The zero-order valence-electron chi connectivity index (χ0n) is 11.2. The minimum Gasteiger partial charge on any atom is -0.545 e. The Labute approximate surface area is 134 Å². The maximum Gasteiger partial charge on any atom is 1.00 e. The minimum atomic E-state index is -1.27. The molecule has 1 amide bonds. The average molecular weight is 270 g/mol. The number of hydrogen-bond donors (Lipinski definition) is 1. The van der Waals surface area contributed by atoms with Gasteiger partial charge in [0.2, 0.25) is 0 Å². The summed E-state index contributed by atoms with van der Waals surface area (Å²) in [6.45, 7) is 4.12. The molecule has 1 N–H and O–H groups in total. The van der Waals surface area contributed by atoms with Gasteiger partial charge >= 0.3 is 29.6 Å². The van der Waals surface area contributed by atoms with E-state index in [9.17, 15) is 14.7 Å². The van der Waals surface area contributed by atoms with E-state index >= 15 is 0 Å². The Balaban J connectivity index is 0.00000180. The van der Waals surface area contributed by atoms with Gasteiger partial charge in [0.25, 0.3) is 5.91 Å². The Morgan fingerprint density at radius 2 is 2.05 bits per heavy atom. The number of carbonyl (C=O) groups is 2. The molecule has 1 atom stereocenters. The molecule has 0 radical (unpaired) electrons. The van der Waals surface area contributed by atoms with Crippen LogP contribution in [-0.4, -0.2) is 42.5 Å². The predicted octanol–water partition coefficient (Wildman–Crippen LogP) is -3.51. The van der Waals surface area contributed by atoms with Crippen LogP contribution in [0.3, 0.4) is 0 Å². The maximum atomic E-state index is 12.3. The number of amides is 1. The van der Waals surface area contributed by atoms with Crippen LogP contribution in [0.5, 0.6) is 0 Å². The van der Waals surface area contributed by atoms with Gasteiger partial charge in [-0.15, -0.1) is 0 Å². The molecule has 1 aromatic rings. The Morgan fingerprint density at radius 3 is 2.68 bits per heavy atom. The monoisotopic (exact) mass is 270 g/mol. The van der Waals surface area contributed by atoms with E-state index in [1.807, 2.05) is 6.92 Å². The molecule has 1 saturated heterocycles. The number of carbonyl (C=O) groups excluding carboxylic acids is 2. The van der Waals surface area contributed by atoms with E-state index in [1.165, 1.54) is 12.1 Å². The average Bonchev–Trinajstić information content (AvgIpc) is 2.38. The number of rotatable bonds is 2. The van der Waals surface area contributed by atoms with Crippen LogP contribution in [0.4, 0.5) is 0 Å². The number of aromatic carboxylic acids is 1. The zero-order valence-corrected chi connectivity index (χ0v) is 13.2. The van der Waals surface area contributed by atoms with Crippen molar-refractivity contribution in [3.05, 3.63) is 35.4 Å². The summed E-state index contributed by atoms with van der Waals surface area (Å²) in [5, 5.41) is 14.0. The summed E-state index contributed by atoms with van der Waals surface area (Å²) in [5.74, 6) is -1.40. The third-order valence-corrected chi connectivity index (χ3v) is 3.11. The Hall–Kier alpha value is -0.880. The second-order valence-electron chi connectivity index (χ2n) is 4.42. The second kappa shape index (κ2) is 7.05. The smallest absolute Gasteiger partial charge is 0.545 e. The molecule has 0 aromatic heterocycles. The first-order valence-electron chi connectivity index (χ1n) is 5.92. The van der Waals surface area contributed by atoms with Gasteiger partial charge in [0.15, 0.2) is 0 Å². The normalized spacial score (nSPS) is 18.6. The van der Waals surface area contributed by atoms with Crippen molar-refractivity contribution < 1.29 is 44.3 Å². The van der Waals surface area contributed by atoms with Gasteiger partial charge in [-0.3, -0.25) is 4.79 Å². The van der Waals surface area contributed by atoms with E-state index in [0.29, 0.717) is 12.1 Å². The van der Waals surface area contributed by atoms with Gasteiger partial charge in [-0.05, 0) is 24.6 Å². The number of nitrogens with one attached hydrogen (secondary N) is 1. The van der Waals surface area contributed by atoms with E-state index in [1.54, 1.807) is 17.0 Å². The van der Waals surface area contributed by atoms with Crippen molar-refractivity contribution in [3.8, 4) is 0 Å². The Bertz CT molecular complexity index is 479. The predicted molar refractivity (Wildman–Crippen MR) is 64.1 cm³/mol. The fourth-order valence-electron chi connectivity index (χ4n) is 2.09. The SMILES string of the molecule is C[C@@H]1CNCCN1C(=O)c1cccc(C(=O)[O-])c1.[Na+]. The Morgan fingerprint density at radius 1 is 1.37 bits per heavy atom. The molecule has 1 heterocycles. The molecule has 0 aliphatic carbocycles. The molecule has 5 nitrogen and oxygen atoms in total. The van der Waals surface area contributed by atoms with Gasteiger partial charge in [-0.2, -0.15) is 0 Å². The summed E-state index contributed by atoms with van der Waals surface area (Å²) < 4.78 is 0. The van der Waals surface area contributed by atoms with Crippen molar-refractivity contribution >= 4 is 11.9 Å². The summed E-state index contributed by atoms with van der Waals surface area (Å²) in [5.41, 5.74) is 0.425. The van der Waals surface area contributed by atoms with Crippen molar-refractivity contribution in [2.45, 2.75) is 13.0 Å². The quantitative estimate of drug-likeness (QED) is 0.566. The van der Waals surface area contributed by atoms with Crippen molar-refractivity contribution in [2.75, 3.05) is 19.6 Å². The summed E-state index contributed by atoms with van der Waals surface area (Å²) in [4.78, 5) is 24.8. The van der Waals surface area contributed by atoms with Crippen LogP contribution in [-0.2, 0) is 0 Å². The second-order valence-corrected chi connectivity index (χ2v) is 4.42. The largest absolute Gasteiger partial charge is 1.00 e. The first kappa shape index (κ1) is 16.2. The summed E-state index contributed by atoms with van der Waals surface area (Å²) in [7, 11) is 0. The summed E-state index contributed by atoms with van der Waals surface area (Å²) >= 11 is 0. The number of piperazine rings is 1. The molecule has 6 heteroatoms. The summed E-state index contributed by atoms with van der Waals surface area (Å²) in [6.07, 6.45) is 0. The van der Waals surface area contributed by atoms with Crippen molar-refractivity contribution in [3.63, 3.8) is 0 Å². The fraction of sp³-hybridized carbons (Fsp3) is 0.385. The van der Waals surface area contributed by atoms with E-state index in [0.717, 1.165) is 13.1 Å². The third kappa shape index (κ3) is 3.79. The van der Waals surface area contributed by atoms with Gasteiger partial charge in [0.05, 0.1) is 5.97 Å². The van der Waals surface area contributed by atoms with Crippen LogP contribution in [0.2, 0.25) is 0 Å². The molecule has 0 spiro atoms. The molecule has 1 aliphatic rings. The van der Waals surface area contributed by atoms with Gasteiger partial charge in [0.1, 0.15) is 0 Å². The standard InChI is InChI=1S/C13H16N2O3.Na/c1-9-8-14-5-6-15(9)12(16)10-3-2-4-11(7-10)13(17)18;/h2-4,7,9,14H,5-6,8H2,1H3,(H,17,18);/q;+1/p-1/t9-;/m1./s1. The molecule has 96 valence electrons. The first-order valence-corrected chi connectivity index (χ1v) is 5.92. The van der Waals surface area contributed by atoms with Crippen molar-refractivity contribution in [2.24, 2.45) is 0 Å². The van der Waals surface area contributed by atoms with Gasteiger partial charge < -0.3 is 20.1 Å². The van der Waals surface area contributed by atoms with Crippen LogP contribution in [0.1, 0.15) is 27.6 Å². The van der Waals surface area contributed by atoms with Gasteiger partial charge in [0, 0.05) is 31.2 Å². The molecular weight excluding hydrogens is 255 g/mol. The van der Waals surface area contributed by atoms with Crippen molar-refractivity contribution in [1.82, 2.24) is 10.2 Å². The van der Waals surface area contributed by atoms with Crippen LogP contribution in [0, 0.1) is 0 Å². The molecule has 0 saturated carbocycles. The molecular formula is C13H15N2NaO3. The topological polar surface area (TPSA) is 72.5 Å². The zero-order chi connectivity index (χ0) is 13.1. The molecule has 1 aromatic carbocycles. The number of carboxylic acid groups (broad SMARTS) is 1. The fourth-order valence-corrected chi connectivity index (χ4v) is 2.09. The molecule has 2 rings (SSSR count). The van der Waals surface area contributed by atoms with Crippen LogP contribution in [0.25, 0.3) is 0 Å². The number of hydrogen-bond acceptors (Lipinski definition) is 4. The Kier molecular flexibility index (Phi) is 6.00. The minimum absolute atomic E-state index is 0. The summed E-state index contributed by atoms with van der Waals surface area (Å²) in [6, 6.07) is 6.09. The van der Waals surface area contributed by atoms with E-state index in [-0.39, 0.29) is 47.1 Å². The first-order chi connectivity index (χ1) is 8.59. The van der Waals surface area contributed by atoms with Gasteiger partial charge in [-0.1, -0.05) is 12.1 Å². The van der Waals surface area contributed by atoms with E-state index in [4.69, 9.17) is 0 Å². The molecule has 0 bridgehead atoms. The number of nitrogens with zero attached hydrogens (tertiary/aromatic N) is 1. The molecule has 1 fully saturated rings. The third-order valence-electron chi connectivity index (χ3n) is 3.11. The van der Waals surface area contributed by atoms with Crippen molar-refractivity contribution in [1.29, 1.82) is 0 Å². The molecule has 0 unspecified atom stereocenters. The number of benzene rings is 1. The van der Waals surface area contributed by atoms with Crippen LogP contribution < -0.4 is 40.0 Å².